The molecule has 2 nitrogen and oxygen atoms in total. The van der Waals surface area contributed by atoms with E-state index in [2.05, 4.69) is 79.1 Å². The average molecular weight is 400 g/mol. The van der Waals surface area contributed by atoms with Crippen LogP contribution in [0.5, 0.6) is 0 Å². The number of methoxy groups -OCH3 is 1. The van der Waals surface area contributed by atoms with Gasteiger partial charge in [0.1, 0.15) is 6.71 Å². The van der Waals surface area contributed by atoms with Gasteiger partial charge in [0, 0.05) is 22.3 Å². The number of thioether (sulfide) groups is 1. The molecule has 0 saturated carbocycles. The molecule has 0 saturated heterocycles. The Morgan fingerprint density at radius 3 is 0.800 bits per heavy atom. The van der Waals surface area contributed by atoms with Crippen LogP contribution >= 0.6 is 11.8 Å². The predicted octanol–water partition coefficient (Wildman–Crippen LogP) is 7.43. The minimum absolute atomic E-state index is 0. The van der Waals surface area contributed by atoms with Gasteiger partial charge in [0.25, 0.3) is 0 Å². The zero-order valence-corrected chi connectivity index (χ0v) is 22.7. The van der Waals surface area contributed by atoms with Crippen LogP contribution in [0.4, 0.5) is 0 Å². The number of ether oxygens (including phenoxy) is 1. The molecule has 0 N–H and O–H groups in total. The Hall–Kier alpha value is 0.552. The lowest BCUT2D eigenvalue weighted by Gasteiger charge is -2.05. The summed E-state index contributed by atoms with van der Waals surface area (Å²) in [5.41, 5.74) is 0.500. The molecule has 162 valence electrons. The van der Waals surface area contributed by atoms with Gasteiger partial charge < -0.3 is 9.64 Å². The van der Waals surface area contributed by atoms with E-state index in [1.807, 2.05) is 38.6 Å². The second kappa shape index (κ2) is 32.2. The third kappa shape index (κ3) is 41000. The van der Waals surface area contributed by atoms with E-state index in [9.17, 15) is 0 Å². The summed E-state index contributed by atoms with van der Waals surface area (Å²) in [4.78, 5) is 2.00. The van der Waals surface area contributed by atoms with Gasteiger partial charge in [-0.15, -0.1) is 0 Å². The second-order valence-electron chi connectivity index (χ2n) is 9.89. The highest BCUT2D eigenvalue weighted by atomic mass is 32.2. The quantitative estimate of drug-likeness (QED) is 0.393. The molecular weight excluding hydrogens is 341 g/mol. The molecule has 0 aliphatic rings. The molecule has 0 aromatic carbocycles. The van der Waals surface area contributed by atoms with Crippen LogP contribution in [0, 0.1) is 5.41 Å². The zero-order valence-electron chi connectivity index (χ0n) is 20.8. The van der Waals surface area contributed by atoms with Gasteiger partial charge in [0.2, 0.25) is 0 Å². The van der Waals surface area contributed by atoms with Crippen molar-refractivity contribution in [3.8, 4) is 0 Å². The maximum Gasteiger partial charge on any atom is 0.130 e. The van der Waals surface area contributed by atoms with E-state index in [0.29, 0.717) is 5.41 Å². The van der Waals surface area contributed by atoms with E-state index in [0.717, 1.165) is 6.71 Å². The lowest BCUT2D eigenvalue weighted by Crippen LogP contribution is -2.10. The maximum atomic E-state index is 4.25. The van der Waals surface area contributed by atoms with Gasteiger partial charge >= 0.3 is 0 Å². The van der Waals surface area contributed by atoms with Crippen LogP contribution in [0.1, 0.15) is 35.1 Å². The Bertz CT molecular complexity index is 142. The molecule has 0 aromatic heterocycles. The first-order chi connectivity index (χ1) is 10.3. The van der Waals surface area contributed by atoms with Crippen molar-refractivity contribution in [2.24, 2.45) is 5.41 Å². The molecule has 25 heavy (non-hydrogen) atoms. The fraction of sp³-hybridized carbons (Fsp3) is 1.00. The first-order valence-electron chi connectivity index (χ1n) is 8.71. The SMILES string of the molecule is C.CB(C)C.CC(C)(C)C.CN(C)C.COC.CSC.C[Si](C)(C)C. The number of hydrogen-bond donors (Lipinski definition) is 0. The largest absolute Gasteiger partial charge is 0.388 e. The van der Waals surface area contributed by atoms with Crippen LogP contribution in [0.25, 0.3) is 0 Å². The first-order valence-corrected chi connectivity index (χ1v) is 14.3. The smallest absolute Gasteiger partial charge is 0.130 e. The van der Waals surface area contributed by atoms with E-state index in [4.69, 9.17) is 0 Å². The highest BCUT2D eigenvalue weighted by molar-refractivity contribution is 7.97. The van der Waals surface area contributed by atoms with Gasteiger partial charge in [-0.05, 0) is 39.1 Å². The fourth-order valence-electron chi connectivity index (χ4n) is 0. The van der Waals surface area contributed by atoms with Gasteiger partial charge in [-0.2, -0.15) is 11.8 Å². The highest BCUT2D eigenvalue weighted by Crippen LogP contribution is 2.08. The van der Waals surface area contributed by atoms with Gasteiger partial charge in [-0.1, -0.05) is 81.8 Å². The van der Waals surface area contributed by atoms with E-state index in [1.165, 1.54) is 0 Å². The second-order valence-corrected chi connectivity index (χ2v) is 16.7. The van der Waals surface area contributed by atoms with E-state index >= 15 is 0 Å². The molecule has 0 spiro atoms. The van der Waals surface area contributed by atoms with Crippen LogP contribution < -0.4 is 0 Å². The minimum atomic E-state index is -0.611. The number of nitrogens with zero attached hydrogens (tertiary/aromatic N) is 1. The summed E-state index contributed by atoms with van der Waals surface area (Å²) in [5.74, 6) is 0. The number of rotatable bonds is 0. The molecule has 0 aliphatic heterocycles. The van der Waals surface area contributed by atoms with Crippen LogP contribution in [0.15, 0.2) is 0 Å². The van der Waals surface area contributed by atoms with E-state index in [-0.39, 0.29) is 7.43 Å². The molecule has 0 aliphatic carbocycles. The van der Waals surface area contributed by atoms with E-state index < -0.39 is 8.07 Å². The van der Waals surface area contributed by atoms with Gasteiger partial charge in [0.15, 0.2) is 0 Å². The van der Waals surface area contributed by atoms with Crippen molar-refractivity contribution in [2.75, 3.05) is 47.9 Å². The Kier molecular flexibility index (Phi) is 57.7. The van der Waals surface area contributed by atoms with Crippen molar-refractivity contribution >= 4 is 26.5 Å². The summed E-state index contributed by atoms with van der Waals surface area (Å²) in [6, 6.07) is 0. The Morgan fingerprint density at radius 1 is 0.800 bits per heavy atom. The van der Waals surface area contributed by atoms with Crippen LogP contribution in [-0.4, -0.2) is 67.6 Å². The third-order valence-corrected chi connectivity index (χ3v) is 0. The fourth-order valence-corrected chi connectivity index (χ4v) is 0. The molecule has 0 fully saturated rings. The Morgan fingerprint density at radius 2 is 0.800 bits per heavy atom. The first kappa shape index (κ1) is 44.8. The summed E-state index contributed by atoms with van der Waals surface area (Å²) in [6.07, 6.45) is 4.08. The van der Waals surface area contributed by atoms with Gasteiger partial charge in [0.05, 0.1) is 0 Å². The van der Waals surface area contributed by atoms with Crippen molar-refractivity contribution in [2.45, 2.75) is 81.8 Å². The van der Waals surface area contributed by atoms with Gasteiger partial charge in [-0.3, -0.25) is 0 Å². The summed E-state index contributed by atoms with van der Waals surface area (Å²) in [6.45, 7) is 25.4. The zero-order chi connectivity index (χ0) is 21.6. The van der Waals surface area contributed by atoms with Crippen LogP contribution in [0.2, 0.25) is 46.7 Å². The third-order valence-electron chi connectivity index (χ3n) is 0. The van der Waals surface area contributed by atoms with Crippen molar-refractivity contribution in [3.05, 3.63) is 0 Å². The molecule has 0 atom stereocenters. The molecule has 0 bridgehead atoms. The van der Waals surface area contributed by atoms with Gasteiger partial charge in [-0.25, -0.2) is 0 Å². The summed E-state index contributed by atoms with van der Waals surface area (Å²) in [7, 11) is 8.64. The summed E-state index contributed by atoms with van der Waals surface area (Å²) in [5, 5.41) is 0. The monoisotopic (exact) mass is 399 g/mol. The minimum Gasteiger partial charge on any atom is -0.388 e. The normalized spacial score (nSPS) is 8.76. The average Bonchev–Trinajstić information content (AvgIpc) is 2.10. The lowest BCUT2D eigenvalue weighted by molar-refractivity contribution is 0.277. The van der Waals surface area contributed by atoms with Crippen molar-refractivity contribution in [1.29, 1.82) is 0 Å². The molecule has 0 radical (unpaired) electrons. The standard InChI is InChI=1S/C5H12.C4H12Si.C3H9B.C3H9N.C2H6O.C2H6S.CH4/c2*1-5(2,3)4;2*1-4(2)3;2*1-3-2;/h2*1-4H3;2*1-3H3;2*1-2H3;1H4. The summed E-state index contributed by atoms with van der Waals surface area (Å²) >= 11 is 1.75. The molecule has 0 aromatic rings. The molecular formula is C20H58BNOSSi. The Balaban J connectivity index is -0.0000000312. The molecule has 0 unspecified atom stereocenters. The van der Waals surface area contributed by atoms with Crippen molar-refractivity contribution in [1.82, 2.24) is 4.90 Å². The maximum absolute atomic E-state index is 4.25. The van der Waals surface area contributed by atoms with Crippen LogP contribution in [0.3, 0.4) is 0 Å². The molecule has 0 rings (SSSR count). The van der Waals surface area contributed by atoms with Crippen molar-refractivity contribution in [3.63, 3.8) is 0 Å². The number of hydrogen-bond acceptors (Lipinski definition) is 3. The van der Waals surface area contributed by atoms with Crippen LogP contribution in [-0.2, 0) is 4.74 Å². The lowest BCUT2D eigenvalue weighted by atomic mass is 9.58. The molecule has 0 heterocycles. The Labute approximate surface area is 171 Å². The molecule has 5 heteroatoms. The van der Waals surface area contributed by atoms with Crippen molar-refractivity contribution < 1.29 is 4.74 Å². The topological polar surface area (TPSA) is 12.5 Å². The summed E-state index contributed by atoms with van der Waals surface area (Å²) < 4.78 is 4.25. The van der Waals surface area contributed by atoms with E-state index in [1.54, 1.807) is 26.0 Å². The highest BCUT2D eigenvalue weighted by Gasteiger charge is 1.99. The molecule has 0 amide bonds. The predicted molar refractivity (Wildman–Crippen MR) is 136 cm³/mol.